The molecule has 3 aliphatic rings. The number of carbonyl (C=O) groups excluding carboxylic acids is 2. The molecule has 2 fully saturated rings. The number of amides is 2. The van der Waals surface area contributed by atoms with Gasteiger partial charge < -0.3 is 19.9 Å². The van der Waals surface area contributed by atoms with Gasteiger partial charge in [-0.05, 0) is 31.7 Å². The van der Waals surface area contributed by atoms with Crippen LogP contribution in [0.5, 0.6) is 0 Å². The largest absolute Gasteiger partial charge is 0.368 e. The van der Waals surface area contributed by atoms with Gasteiger partial charge in [-0.1, -0.05) is 13.8 Å². The molecule has 29 heavy (non-hydrogen) atoms. The van der Waals surface area contributed by atoms with Gasteiger partial charge in [0.1, 0.15) is 6.10 Å². The van der Waals surface area contributed by atoms with Crippen LogP contribution in [0.3, 0.4) is 0 Å². The highest BCUT2D eigenvalue weighted by Crippen LogP contribution is 2.19. The Morgan fingerprint density at radius 3 is 2.66 bits per heavy atom. The van der Waals surface area contributed by atoms with Crippen molar-refractivity contribution in [3.63, 3.8) is 0 Å². The molecule has 0 aliphatic carbocycles. The Bertz CT molecular complexity index is 733. The molecule has 4 heterocycles. The Labute approximate surface area is 172 Å². The van der Waals surface area contributed by atoms with Crippen molar-refractivity contribution in [1.29, 1.82) is 0 Å². The molecule has 1 N–H and O–H groups in total. The number of nitrogens with zero attached hydrogens (tertiary/aromatic N) is 4. The van der Waals surface area contributed by atoms with Crippen LogP contribution < -0.4 is 5.32 Å². The summed E-state index contributed by atoms with van der Waals surface area (Å²) in [7, 11) is 0. The van der Waals surface area contributed by atoms with E-state index < -0.39 is 0 Å². The molecule has 8 nitrogen and oxygen atoms in total. The van der Waals surface area contributed by atoms with Crippen LogP contribution in [-0.4, -0.2) is 69.8 Å². The zero-order valence-electron chi connectivity index (χ0n) is 17.6. The lowest BCUT2D eigenvalue weighted by Gasteiger charge is -2.33. The summed E-state index contributed by atoms with van der Waals surface area (Å²) >= 11 is 0. The van der Waals surface area contributed by atoms with Crippen molar-refractivity contribution in [2.75, 3.05) is 26.2 Å². The predicted molar refractivity (Wildman–Crippen MR) is 108 cm³/mol. The van der Waals surface area contributed by atoms with Gasteiger partial charge in [0.05, 0.1) is 24.5 Å². The zero-order chi connectivity index (χ0) is 20.4. The highest BCUT2D eigenvalue weighted by atomic mass is 16.5. The highest BCUT2D eigenvalue weighted by molar-refractivity contribution is 5.81. The second-order valence-corrected chi connectivity index (χ2v) is 8.75. The van der Waals surface area contributed by atoms with Crippen LogP contribution in [0.15, 0.2) is 6.07 Å². The lowest BCUT2D eigenvalue weighted by atomic mass is 10.0. The molecular formula is C21H33N5O3. The Morgan fingerprint density at radius 2 is 1.97 bits per heavy atom. The molecular weight excluding hydrogens is 370 g/mol. The van der Waals surface area contributed by atoms with E-state index in [4.69, 9.17) is 9.84 Å². The maximum absolute atomic E-state index is 12.5. The number of piperidine rings is 1. The second kappa shape index (κ2) is 8.83. The molecule has 0 spiro atoms. The Morgan fingerprint density at radius 1 is 1.17 bits per heavy atom. The third-order valence-corrected chi connectivity index (χ3v) is 6.24. The first kappa shape index (κ1) is 20.3. The molecule has 0 aromatic carbocycles. The van der Waals surface area contributed by atoms with E-state index in [1.807, 2.05) is 28.3 Å². The lowest BCUT2D eigenvalue weighted by Crippen LogP contribution is -2.47. The monoisotopic (exact) mass is 403 g/mol. The summed E-state index contributed by atoms with van der Waals surface area (Å²) in [4.78, 5) is 28.6. The molecule has 2 amide bonds. The molecule has 0 saturated carbocycles. The zero-order valence-corrected chi connectivity index (χ0v) is 17.6. The van der Waals surface area contributed by atoms with Gasteiger partial charge in [0.15, 0.2) is 0 Å². The first-order valence-electron chi connectivity index (χ1n) is 11.0. The number of likely N-dealkylation sites (tertiary alicyclic amines) is 1. The molecule has 8 heteroatoms. The minimum absolute atomic E-state index is 0.0311. The molecule has 1 aromatic heterocycles. The van der Waals surface area contributed by atoms with Crippen LogP contribution in [0, 0.1) is 5.92 Å². The highest BCUT2D eigenvalue weighted by Gasteiger charge is 2.31. The standard InChI is InChI=1S/C21H33N5O3/c1-15(2)20(27)25-9-10-26-18(14-25)12-17(23-26)13-22-16-5-7-24(8-6-16)21(28)19-4-3-11-29-19/h12,15-16,19,22H,3-11,13-14H2,1-2H3. The average molecular weight is 404 g/mol. The van der Waals surface area contributed by atoms with Crippen LogP contribution >= 0.6 is 0 Å². The first-order valence-corrected chi connectivity index (χ1v) is 11.0. The summed E-state index contributed by atoms with van der Waals surface area (Å²) in [6.45, 7) is 9.06. The minimum Gasteiger partial charge on any atom is -0.368 e. The van der Waals surface area contributed by atoms with E-state index in [1.165, 1.54) is 0 Å². The van der Waals surface area contributed by atoms with Gasteiger partial charge in [0.25, 0.3) is 5.91 Å². The molecule has 160 valence electrons. The molecule has 0 bridgehead atoms. The molecule has 1 atom stereocenters. The number of hydrogen-bond acceptors (Lipinski definition) is 5. The van der Waals surface area contributed by atoms with E-state index in [-0.39, 0.29) is 23.8 Å². The molecule has 2 saturated heterocycles. The van der Waals surface area contributed by atoms with E-state index in [9.17, 15) is 9.59 Å². The molecule has 1 unspecified atom stereocenters. The topological polar surface area (TPSA) is 79.7 Å². The smallest absolute Gasteiger partial charge is 0.251 e. The van der Waals surface area contributed by atoms with Crippen molar-refractivity contribution in [2.24, 2.45) is 5.92 Å². The Kier molecular flexibility index (Phi) is 6.20. The van der Waals surface area contributed by atoms with Gasteiger partial charge in [-0.2, -0.15) is 5.10 Å². The number of aromatic nitrogens is 2. The average Bonchev–Trinajstić information content (AvgIpc) is 3.40. The van der Waals surface area contributed by atoms with E-state index in [1.54, 1.807) is 0 Å². The summed E-state index contributed by atoms with van der Waals surface area (Å²) in [6.07, 6.45) is 3.57. The molecule has 0 radical (unpaired) electrons. The fourth-order valence-corrected chi connectivity index (χ4v) is 4.49. The van der Waals surface area contributed by atoms with Gasteiger partial charge in [-0.3, -0.25) is 14.3 Å². The second-order valence-electron chi connectivity index (χ2n) is 8.75. The summed E-state index contributed by atoms with van der Waals surface area (Å²) in [6, 6.07) is 2.52. The van der Waals surface area contributed by atoms with Crippen LogP contribution in [-0.2, 0) is 34.0 Å². The van der Waals surface area contributed by atoms with Crippen molar-refractivity contribution < 1.29 is 14.3 Å². The summed E-state index contributed by atoms with van der Waals surface area (Å²) in [5.74, 6) is 0.410. The number of carbonyl (C=O) groups is 2. The summed E-state index contributed by atoms with van der Waals surface area (Å²) < 4.78 is 7.57. The summed E-state index contributed by atoms with van der Waals surface area (Å²) in [5.41, 5.74) is 2.13. The SMILES string of the molecule is CC(C)C(=O)N1CCn2nc(CNC3CCN(C(=O)C4CCCO4)CC3)cc2C1. The third kappa shape index (κ3) is 4.64. The van der Waals surface area contributed by atoms with Crippen LogP contribution in [0.25, 0.3) is 0 Å². The number of nitrogens with one attached hydrogen (secondary N) is 1. The maximum atomic E-state index is 12.5. The first-order chi connectivity index (χ1) is 14.0. The predicted octanol–water partition coefficient (Wildman–Crippen LogP) is 1.14. The fraction of sp³-hybridized carbons (Fsp3) is 0.762. The lowest BCUT2D eigenvalue weighted by molar-refractivity contribution is -0.142. The number of rotatable bonds is 5. The van der Waals surface area contributed by atoms with Gasteiger partial charge in [0, 0.05) is 44.7 Å². The fourth-order valence-electron chi connectivity index (χ4n) is 4.49. The maximum Gasteiger partial charge on any atom is 0.251 e. The van der Waals surface area contributed by atoms with Gasteiger partial charge in [-0.25, -0.2) is 0 Å². The Balaban J connectivity index is 1.24. The van der Waals surface area contributed by atoms with Crippen molar-refractivity contribution in [2.45, 2.75) is 71.3 Å². The number of hydrogen-bond donors (Lipinski definition) is 1. The van der Waals surface area contributed by atoms with Crippen molar-refractivity contribution in [1.82, 2.24) is 24.9 Å². The normalized spacial score (nSPS) is 22.9. The van der Waals surface area contributed by atoms with Crippen molar-refractivity contribution in [3.8, 4) is 0 Å². The molecule has 4 rings (SSSR count). The minimum atomic E-state index is -0.210. The molecule has 1 aromatic rings. The van der Waals surface area contributed by atoms with Crippen LogP contribution in [0.4, 0.5) is 0 Å². The van der Waals surface area contributed by atoms with Crippen molar-refractivity contribution >= 4 is 11.8 Å². The van der Waals surface area contributed by atoms with E-state index in [2.05, 4.69) is 11.4 Å². The van der Waals surface area contributed by atoms with Gasteiger partial charge in [-0.15, -0.1) is 0 Å². The number of ether oxygens (including phenoxy) is 1. The van der Waals surface area contributed by atoms with E-state index >= 15 is 0 Å². The number of fused-ring (bicyclic) bond motifs is 1. The molecule has 3 aliphatic heterocycles. The Hall–Kier alpha value is -1.93. The van der Waals surface area contributed by atoms with Gasteiger partial charge in [0.2, 0.25) is 5.91 Å². The van der Waals surface area contributed by atoms with Crippen molar-refractivity contribution in [3.05, 3.63) is 17.5 Å². The quantitative estimate of drug-likeness (QED) is 0.798. The van der Waals surface area contributed by atoms with Crippen LogP contribution in [0.1, 0.15) is 50.9 Å². The third-order valence-electron chi connectivity index (χ3n) is 6.24. The van der Waals surface area contributed by atoms with Gasteiger partial charge >= 0.3 is 0 Å². The summed E-state index contributed by atoms with van der Waals surface area (Å²) in [5, 5.41) is 8.31. The van der Waals surface area contributed by atoms with E-state index in [0.717, 1.165) is 69.8 Å². The van der Waals surface area contributed by atoms with E-state index in [0.29, 0.717) is 19.2 Å². The van der Waals surface area contributed by atoms with Crippen LogP contribution in [0.2, 0.25) is 0 Å².